The number of aryl methyl sites for hydroxylation is 1. The van der Waals surface area contributed by atoms with E-state index in [2.05, 4.69) is 82.6 Å². The molecule has 1 unspecified atom stereocenters. The number of hydrogen-bond acceptors (Lipinski definition) is 12. The van der Waals surface area contributed by atoms with Gasteiger partial charge in [0.05, 0.1) is 39.9 Å². The van der Waals surface area contributed by atoms with Crippen molar-refractivity contribution in [2.24, 2.45) is 0 Å². The van der Waals surface area contributed by atoms with E-state index in [1.165, 1.54) is 4.57 Å². The summed E-state index contributed by atoms with van der Waals surface area (Å²) in [5.74, 6) is 1.09. The maximum atomic E-state index is 14.5. The van der Waals surface area contributed by atoms with Crippen LogP contribution in [-0.2, 0) is 28.5 Å². The third-order valence-corrected chi connectivity index (χ3v) is 19.3. The molecule has 1 fully saturated rings. The van der Waals surface area contributed by atoms with E-state index in [0.717, 1.165) is 16.7 Å². The molecule has 1 N–H and O–H groups in total. The first-order valence-electron chi connectivity index (χ1n) is 23.4. The van der Waals surface area contributed by atoms with E-state index >= 15 is 0 Å². The number of ether oxygens (including phenoxy) is 4. The quantitative estimate of drug-likeness (QED) is 0.0322. The zero-order valence-corrected chi connectivity index (χ0v) is 43.9. The van der Waals surface area contributed by atoms with Crippen molar-refractivity contribution in [1.29, 1.82) is 5.26 Å². The second-order valence-electron chi connectivity index (χ2n) is 19.1. The molecule has 0 bridgehead atoms. The zero-order valence-electron chi connectivity index (χ0n) is 42.0. The highest BCUT2D eigenvalue weighted by Gasteiger charge is 2.54. The van der Waals surface area contributed by atoms with Crippen LogP contribution >= 0.6 is 8.53 Å². The van der Waals surface area contributed by atoms with Gasteiger partial charge in [-0.25, -0.2) is 9.46 Å². The molecule has 6 rings (SSSR count). The number of nitrogens with one attached hydrogen (secondary N) is 1. The second kappa shape index (κ2) is 23.1. The van der Waals surface area contributed by atoms with Crippen molar-refractivity contribution >= 4 is 28.6 Å². The average molecular weight is 978 g/mol. The minimum atomic E-state index is -2.71. The third kappa shape index (κ3) is 12.2. The van der Waals surface area contributed by atoms with E-state index in [1.807, 2.05) is 84.9 Å². The molecule has 4 aromatic carbocycles. The van der Waals surface area contributed by atoms with Crippen molar-refractivity contribution in [3.63, 3.8) is 0 Å². The van der Waals surface area contributed by atoms with Crippen molar-refractivity contribution in [3.8, 4) is 17.6 Å². The Morgan fingerprint density at radius 2 is 1.39 bits per heavy atom. The van der Waals surface area contributed by atoms with Gasteiger partial charge < -0.3 is 37.7 Å². The van der Waals surface area contributed by atoms with Crippen LogP contribution in [0.5, 0.6) is 11.5 Å². The standard InChI is InChI=1S/C53H68N5O9PSi/c1-36(2)58(37(3)4)68(64-33-19-32-54)66-46-45(35-63-53(40-22-17-14-18-23-40,41-24-28-43(61-9)29-25-41)42-26-30-44(62-10)31-27-42)65-50(47(46)67-69(11,12)52(6,7)8)57-34-38(5)48(56-51(57)60)55-49(59)39-20-15-13-16-21-39/h13-18,20-31,34,36-37,45-47,50H,19,33,35H2,1-12H3,(H,55,56,59,60)/t45-,46-,47-,50-,68?/m1/s1. The number of aromatic nitrogens is 2. The van der Waals surface area contributed by atoms with Gasteiger partial charge in [0.25, 0.3) is 14.4 Å². The Labute approximate surface area is 409 Å². The average Bonchev–Trinajstić information content (AvgIpc) is 3.65. The maximum Gasteiger partial charge on any atom is 0.351 e. The summed E-state index contributed by atoms with van der Waals surface area (Å²) in [5, 5.41) is 12.2. The summed E-state index contributed by atoms with van der Waals surface area (Å²) in [6, 6.07) is 36.5. The molecule has 5 atom stereocenters. The van der Waals surface area contributed by atoms with Gasteiger partial charge in [0.15, 0.2) is 14.5 Å². The van der Waals surface area contributed by atoms with E-state index in [9.17, 15) is 14.9 Å². The molecule has 0 aliphatic carbocycles. The highest BCUT2D eigenvalue weighted by molar-refractivity contribution is 7.44. The molecule has 368 valence electrons. The lowest BCUT2D eigenvalue weighted by atomic mass is 9.80. The molecule has 69 heavy (non-hydrogen) atoms. The highest BCUT2D eigenvalue weighted by atomic mass is 31.2. The predicted molar refractivity (Wildman–Crippen MR) is 272 cm³/mol. The molecular formula is C53H68N5O9PSi. The molecule has 14 nitrogen and oxygen atoms in total. The van der Waals surface area contributed by atoms with Crippen LogP contribution in [0, 0.1) is 18.3 Å². The van der Waals surface area contributed by atoms with Crippen LogP contribution in [0.2, 0.25) is 18.1 Å². The number of anilines is 1. The number of nitrogens with zero attached hydrogens (tertiary/aromatic N) is 4. The van der Waals surface area contributed by atoms with E-state index in [1.54, 1.807) is 51.6 Å². The van der Waals surface area contributed by atoms with E-state index < -0.39 is 58.6 Å². The van der Waals surface area contributed by atoms with Crippen molar-refractivity contribution in [1.82, 2.24) is 14.2 Å². The van der Waals surface area contributed by atoms with Crippen molar-refractivity contribution < 1.29 is 37.2 Å². The third-order valence-electron chi connectivity index (χ3n) is 12.7. The molecule has 1 aromatic heterocycles. The number of methoxy groups -OCH3 is 2. The molecule has 16 heteroatoms. The van der Waals surface area contributed by atoms with Crippen LogP contribution in [0.3, 0.4) is 0 Å². The van der Waals surface area contributed by atoms with Crippen LogP contribution in [-0.4, -0.2) is 86.3 Å². The largest absolute Gasteiger partial charge is 0.497 e. The Kier molecular flexibility index (Phi) is 17.8. The van der Waals surface area contributed by atoms with Crippen LogP contribution in [0.1, 0.15) is 93.7 Å². The second-order valence-corrected chi connectivity index (χ2v) is 25.3. The molecule has 1 saturated heterocycles. The topological polar surface area (TPSA) is 156 Å². The Morgan fingerprint density at radius 1 is 0.855 bits per heavy atom. The van der Waals surface area contributed by atoms with Gasteiger partial charge in [-0.3, -0.25) is 9.36 Å². The van der Waals surface area contributed by atoms with Crippen LogP contribution in [0.4, 0.5) is 5.82 Å². The minimum absolute atomic E-state index is 0.0187. The normalized spacial score (nSPS) is 18.1. The molecule has 0 spiro atoms. The van der Waals surface area contributed by atoms with E-state index in [0.29, 0.717) is 22.6 Å². The van der Waals surface area contributed by atoms with Gasteiger partial charge in [-0.1, -0.05) is 93.6 Å². The van der Waals surface area contributed by atoms with Gasteiger partial charge >= 0.3 is 5.69 Å². The number of hydrogen-bond donors (Lipinski definition) is 1. The van der Waals surface area contributed by atoms with E-state index in [4.69, 9.17) is 32.4 Å². The highest BCUT2D eigenvalue weighted by Crippen LogP contribution is 2.52. The Balaban J connectivity index is 1.55. The number of benzene rings is 4. The predicted octanol–water partition coefficient (Wildman–Crippen LogP) is 10.8. The summed E-state index contributed by atoms with van der Waals surface area (Å²) in [7, 11) is -1.32. The summed E-state index contributed by atoms with van der Waals surface area (Å²) in [6.07, 6.45) is -1.97. The summed E-state index contributed by atoms with van der Waals surface area (Å²) in [4.78, 5) is 32.2. The van der Waals surface area contributed by atoms with Crippen LogP contribution in [0.25, 0.3) is 0 Å². The fraction of sp³-hybridized carbons (Fsp3) is 0.434. The van der Waals surface area contributed by atoms with Gasteiger partial charge in [-0.2, -0.15) is 10.2 Å². The summed E-state index contributed by atoms with van der Waals surface area (Å²) in [6.45, 7) is 20.9. The Bertz CT molecular complexity index is 2490. The number of amides is 1. The van der Waals surface area contributed by atoms with Gasteiger partial charge in [-0.15, -0.1) is 0 Å². The van der Waals surface area contributed by atoms with Crippen LogP contribution < -0.4 is 20.5 Å². The Morgan fingerprint density at radius 3 is 1.90 bits per heavy atom. The fourth-order valence-electron chi connectivity index (χ4n) is 8.16. The van der Waals surface area contributed by atoms with Gasteiger partial charge in [0.1, 0.15) is 41.2 Å². The number of nitriles is 1. The SMILES string of the molecule is COc1ccc(C(OC[C@H]2O[C@@H](n3cc(C)c(NC(=O)c4ccccc4)nc3=O)[C@H](O[Si](C)(C)C(C)(C)C)[C@@H]2OP(OCCC#N)N(C(C)C)C(C)C)(c2ccccc2)c2ccc(OC)cc2)cc1. The smallest absolute Gasteiger partial charge is 0.351 e. The molecule has 1 aliphatic rings. The van der Waals surface area contributed by atoms with Gasteiger partial charge in [0, 0.05) is 29.4 Å². The van der Waals surface area contributed by atoms with Crippen LogP contribution in [0.15, 0.2) is 120 Å². The van der Waals surface area contributed by atoms with Gasteiger partial charge in [-0.05, 0) is 106 Å². The molecule has 0 radical (unpaired) electrons. The molecule has 5 aromatic rings. The molecule has 0 saturated carbocycles. The summed E-state index contributed by atoms with van der Waals surface area (Å²) >= 11 is 0. The number of carbonyl (C=O) groups excluding carboxylic acids is 1. The molecule has 1 aliphatic heterocycles. The lowest BCUT2D eigenvalue weighted by Gasteiger charge is -2.42. The fourth-order valence-corrected chi connectivity index (χ4v) is 11.2. The summed E-state index contributed by atoms with van der Waals surface area (Å²) < 4.78 is 50.8. The van der Waals surface area contributed by atoms with Crippen molar-refractivity contribution in [2.75, 3.05) is 32.8 Å². The maximum absolute atomic E-state index is 14.5. The lowest BCUT2D eigenvalue weighted by molar-refractivity contribution is -0.0943. The first kappa shape index (κ1) is 53.1. The van der Waals surface area contributed by atoms with Crippen molar-refractivity contribution in [2.45, 2.75) is 122 Å². The van der Waals surface area contributed by atoms with Crippen molar-refractivity contribution in [3.05, 3.63) is 154 Å². The zero-order chi connectivity index (χ0) is 50.1. The number of rotatable bonds is 21. The van der Waals surface area contributed by atoms with Gasteiger partial charge in [0.2, 0.25) is 0 Å². The molecule has 1 amide bonds. The monoisotopic (exact) mass is 977 g/mol. The molecular weight excluding hydrogens is 910 g/mol. The molecule has 2 heterocycles. The van der Waals surface area contributed by atoms with E-state index in [-0.39, 0.29) is 42.6 Å². The minimum Gasteiger partial charge on any atom is -0.497 e. The first-order valence-corrected chi connectivity index (χ1v) is 27.4. The summed E-state index contributed by atoms with van der Waals surface area (Å²) in [5.41, 5.74) is 1.54. The lowest BCUT2D eigenvalue weighted by Crippen LogP contribution is -2.50. The first-order chi connectivity index (χ1) is 32.8. The Hall–Kier alpha value is -5.27. The number of carbonyl (C=O) groups is 1.